The number of carbonyl (C=O) groups excluding carboxylic acids is 1. The number of nitrogens with one attached hydrogen (secondary N) is 1. The lowest BCUT2D eigenvalue weighted by Crippen LogP contribution is -2.22. The van der Waals surface area contributed by atoms with Gasteiger partial charge < -0.3 is 14.9 Å². The topological polar surface area (TPSA) is 55.9 Å². The molecule has 3 heteroatoms. The molecule has 2 rings (SSSR count). The van der Waals surface area contributed by atoms with Crippen molar-refractivity contribution >= 4 is 16.9 Å². The van der Waals surface area contributed by atoms with E-state index in [4.69, 9.17) is 0 Å². The second kappa shape index (κ2) is 3.18. The molecular weight excluding hydrogens is 178 g/mol. The van der Waals surface area contributed by atoms with Gasteiger partial charge in [0.15, 0.2) is 0 Å². The Morgan fingerprint density at radius 1 is 1.43 bits per heavy atom. The van der Waals surface area contributed by atoms with Gasteiger partial charge in [-0.05, 0) is 24.1 Å². The average molecular weight is 188 g/mol. The molecule has 1 N–H and O–H groups in total. The summed E-state index contributed by atoms with van der Waals surface area (Å²) >= 11 is 0. The van der Waals surface area contributed by atoms with E-state index in [1.54, 1.807) is 6.07 Å². The molecule has 0 aliphatic carbocycles. The van der Waals surface area contributed by atoms with Crippen LogP contribution in [-0.2, 0) is 6.42 Å². The van der Waals surface area contributed by atoms with Crippen LogP contribution in [0.5, 0.6) is 0 Å². The zero-order chi connectivity index (χ0) is 10.1. The minimum absolute atomic E-state index is 0.133. The van der Waals surface area contributed by atoms with E-state index in [9.17, 15) is 9.90 Å². The third-order valence-corrected chi connectivity index (χ3v) is 2.32. The lowest BCUT2D eigenvalue weighted by molar-refractivity contribution is -0.255. The van der Waals surface area contributed by atoms with E-state index in [0.29, 0.717) is 0 Å². The van der Waals surface area contributed by atoms with Gasteiger partial charge in [0.1, 0.15) is 0 Å². The van der Waals surface area contributed by atoms with Crippen molar-refractivity contribution in [2.24, 2.45) is 0 Å². The number of H-pyrrole nitrogens is 1. The Bertz CT molecular complexity index is 485. The summed E-state index contributed by atoms with van der Waals surface area (Å²) < 4.78 is 0. The summed E-state index contributed by atoms with van der Waals surface area (Å²) in [6.45, 7) is 2.06. The first-order chi connectivity index (χ1) is 6.70. The molecule has 1 aromatic carbocycles. The molecule has 1 heterocycles. The largest absolute Gasteiger partial charge is 0.543 e. The third kappa shape index (κ3) is 1.37. The van der Waals surface area contributed by atoms with Crippen LogP contribution in [-0.4, -0.2) is 11.0 Å². The fourth-order valence-corrected chi connectivity index (χ4v) is 1.50. The maximum Gasteiger partial charge on any atom is 0.0878 e. The summed E-state index contributed by atoms with van der Waals surface area (Å²) in [7, 11) is 0. The number of hydrogen-bond acceptors (Lipinski definition) is 2. The van der Waals surface area contributed by atoms with Gasteiger partial charge in [-0.25, -0.2) is 0 Å². The normalized spacial score (nSPS) is 10.6. The number of aromatic nitrogens is 1. The Labute approximate surface area is 81.4 Å². The maximum absolute atomic E-state index is 10.6. The van der Waals surface area contributed by atoms with Gasteiger partial charge in [0.05, 0.1) is 11.7 Å². The monoisotopic (exact) mass is 188 g/mol. The van der Waals surface area contributed by atoms with Crippen molar-refractivity contribution < 1.29 is 9.90 Å². The lowest BCUT2D eigenvalue weighted by Gasteiger charge is -1.96. The summed E-state index contributed by atoms with van der Waals surface area (Å²) in [5.41, 5.74) is 2.17. The Morgan fingerprint density at radius 3 is 2.86 bits per heavy atom. The summed E-state index contributed by atoms with van der Waals surface area (Å²) in [6, 6.07) is 7.46. The van der Waals surface area contributed by atoms with Crippen LogP contribution in [0, 0.1) is 0 Å². The number of aromatic carboxylic acids is 1. The summed E-state index contributed by atoms with van der Waals surface area (Å²) in [4.78, 5) is 13.4. The van der Waals surface area contributed by atoms with Crippen molar-refractivity contribution in [1.82, 2.24) is 4.98 Å². The van der Waals surface area contributed by atoms with E-state index in [2.05, 4.69) is 11.9 Å². The molecule has 0 atom stereocenters. The van der Waals surface area contributed by atoms with Gasteiger partial charge in [-0.15, -0.1) is 0 Å². The molecule has 0 radical (unpaired) electrons. The van der Waals surface area contributed by atoms with Crippen LogP contribution in [0.1, 0.15) is 23.0 Å². The lowest BCUT2D eigenvalue weighted by atomic mass is 10.1. The van der Waals surface area contributed by atoms with Crippen LogP contribution >= 0.6 is 0 Å². The van der Waals surface area contributed by atoms with Crippen LogP contribution in [0.2, 0.25) is 0 Å². The first kappa shape index (κ1) is 8.81. The second-order valence-electron chi connectivity index (χ2n) is 3.25. The molecular formula is C11H10NO2-. The predicted molar refractivity (Wildman–Crippen MR) is 52.0 cm³/mol. The molecule has 0 aliphatic rings. The van der Waals surface area contributed by atoms with Gasteiger partial charge >= 0.3 is 0 Å². The number of hydrogen-bond donors (Lipinski definition) is 1. The van der Waals surface area contributed by atoms with Crippen LogP contribution < -0.4 is 5.11 Å². The number of aryl methyl sites for hydroxylation is 1. The molecule has 0 aliphatic heterocycles. The molecule has 2 aromatic rings. The summed E-state index contributed by atoms with van der Waals surface area (Å²) in [5.74, 6) is -1.17. The summed E-state index contributed by atoms with van der Waals surface area (Å²) in [5, 5.41) is 11.5. The van der Waals surface area contributed by atoms with E-state index in [1.165, 1.54) is 5.56 Å². The number of benzene rings is 1. The van der Waals surface area contributed by atoms with Crippen molar-refractivity contribution in [3.63, 3.8) is 0 Å². The molecule has 0 saturated heterocycles. The molecule has 0 spiro atoms. The van der Waals surface area contributed by atoms with Crippen LogP contribution in [0.25, 0.3) is 10.9 Å². The van der Waals surface area contributed by atoms with Crippen LogP contribution in [0.3, 0.4) is 0 Å². The molecule has 1 aromatic heterocycles. The minimum Gasteiger partial charge on any atom is -0.543 e. The molecule has 0 bridgehead atoms. The number of fused-ring (bicyclic) bond motifs is 1. The number of rotatable bonds is 2. The maximum atomic E-state index is 10.6. The minimum atomic E-state index is -1.17. The highest BCUT2D eigenvalue weighted by atomic mass is 16.4. The Hall–Kier alpha value is -1.77. The van der Waals surface area contributed by atoms with Gasteiger partial charge in [-0.2, -0.15) is 0 Å². The van der Waals surface area contributed by atoms with E-state index in [-0.39, 0.29) is 5.69 Å². The number of carboxylic acid groups (broad SMARTS) is 1. The van der Waals surface area contributed by atoms with Crippen molar-refractivity contribution in [1.29, 1.82) is 0 Å². The smallest absolute Gasteiger partial charge is 0.0878 e. The molecule has 14 heavy (non-hydrogen) atoms. The zero-order valence-electron chi connectivity index (χ0n) is 7.83. The fourth-order valence-electron chi connectivity index (χ4n) is 1.50. The van der Waals surface area contributed by atoms with E-state index in [1.807, 2.05) is 18.2 Å². The Kier molecular flexibility index (Phi) is 2.00. The highest BCUT2D eigenvalue weighted by Gasteiger charge is 2.01. The Morgan fingerprint density at radius 2 is 2.21 bits per heavy atom. The van der Waals surface area contributed by atoms with Crippen molar-refractivity contribution in [2.75, 3.05) is 0 Å². The van der Waals surface area contributed by atoms with E-state index in [0.717, 1.165) is 17.3 Å². The number of carboxylic acids is 1. The highest BCUT2D eigenvalue weighted by molar-refractivity contribution is 5.92. The zero-order valence-corrected chi connectivity index (χ0v) is 7.83. The van der Waals surface area contributed by atoms with Crippen LogP contribution in [0.15, 0.2) is 24.3 Å². The van der Waals surface area contributed by atoms with E-state index < -0.39 is 5.97 Å². The fraction of sp³-hybridized carbons (Fsp3) is 0.182. The van der Waals surface area contributed by atoms with Gasteiger partial charge in [-0.3, -0.25) is 0 Å². The predicted octanol–water partition coefficient (Wildman–Crippen LogP) is 1.09. The third-order valence-electron chi connectivity index (χ3n) is 2.32. The Balaban J connectivity index is 2.60. The first-order valence-corrected chi connectivity index (χ1v) is 4.53. The SMILES string of the molecule is CCc1ccc2cc(C(=O)[O-])[nH]c2c1. The molecule has 0 fully saturated rings. The van der Waals surface area contributed by atoms with Crippen molar-refractivity contribution in [3.8, 4) is 0 Å². The molecule has 3 nitrogen and oxygen atoms in total. The van der Waals surface area contributed by atoms with Gasteiger partial charge in [0, 0.05) is 10.9 Å². The second-order valence-corrected chi connectivity index (χ2v) is 3.25. The molecule has 0 saturated carbocycles. The average Bonchev–Trinajstić information content (AvgIpc) is 2.59. The van der Waals surface area contributed by atoms with Gasteiger partial charge in [0.25, 0.3) is 0 Å². The van der Waals surface area contributed by atoms with Gasteiger partial charge in [0.2, 0.25) is 0 Å². The quantitative estimate of drug-likeness (QED) is 0.767. The number of aromatic amines is 1. The molecule has 72 valence electrons. The highest BCUT2D eigenvalue weighted by Crippen LogP contribution is 2.17. The first-order valence-electron chi connectivity index (χ1n) is 4.53. The molecule has 0 unspecified atom stereocenters. The number of carbonyl (C=O) groups is 1. The van der Waals surface area contributed by atoms with Crippen molar-refractivity contribution in [3.05, 3.63) is 35.5 Å². The standard InChI is InChI=1S/C11H11NO2/c1-2-7-3-4-8-6-10(11(13)14)12-9(8)5-7/h3-6,12H,2H2,1H3,(H,13,14)/p-1. The van der Waals surface area contributed by atoms with Crippen molar-refractivity contribution in [2.45, 2.75) is 13.3 Å². The molecule has 0 amide bonds. The summed E-state index contributed by atoms with van der Waals surface area (Å²) in [6.07, 6.45) is 0.940. The van der Waals surface area contributed by atoms with Crippen LogP contribution in [0.4, 0.5) is 0 Å². The van der Waals surface area contributed by atoms with E-state index >= 15 is 0 Å². The van der Waals surface area contributed by atoms with Gasteiger partial charge in [-0.1, -0.05) is 19.1 Å².